The van der Waals surface area contributed by atoms with Crippen LogP contribution in [-0.4, -0.2) is 77.9 Å². The first kappa shape index (κ1) is 31.6. The van der Waals surface area contributed by atoms with E-state index in [9.17, 15) is 25.2 Å². The first-order valence-corrected chi connectivity index (χ1v) is 15.6. The lowest BCUT2D eigenvalue weighted by Gasteiger charge is -2.51. The molecule has 5 unspecified atom stereocenters. The molecule has 0 spiro atoms. The summed E-state index contributed by atoms with van der Waals surface area (Å²) in [5.41, 5.74) is 3.95. The van der Waals surface area contributed by atoms with Crippen LogP contribution in [0.4, 0.5) is 0 Å². The van der Waals surface area contributed by atoms with Gasteiger partial charge in [0.25, 0.3) is 0 Å². The summed E-state index contributed by atoms with van der Waals surface area (Å²) in [5, 5.41) is 39.7. The van der Waals surface area contributed by atoms with Crippen LogP contribution < -0.4 is 9.47 Å². The number of rotatable bonds is 10. The van der Waals surface area contributed by atoms with Crippen LogP contribution in [0.1, 0.15) is 48.8 Å². The maximum absolute atomic E-state index is 11.9. The predicted octanol–water partition coefficient (Wildman–Crippen LogP) is 3.44. The molecule has 5 fully saturated rings. The summed E-state index contributed by atoms with van der Waals surface area (Å²) in [7, 11) is 3.08. The Morgan fingerprint density at radius 1 is 0.889 bits per heavy atom. The summed E-state index contributed by atoms with van der Waals surface area (Å²) in [5.74, 6) is 4.25. The van der Waals surface area contributed by atoms with Gasteiger partial charge in [-0.1, -0.05) is 24.3 Å². The fraction of sp³-hybridized carbons (Fsp3) is 0.514. The molecule has 0 amide bonds. The summed E-state index contributed by atoms with van der Waals surface area (Å²) in [4.78, 5) is 11.9. The largest absolute Gasteiger partial charge is 0.496 e. The number of hydrogen-bond donors (Lipinski definition) is 4. The Balaban J connectivity index is 1.20. The van der Waals surface area contributed by atoms with Crippen molar-refractivity contribution in [3.8, 4) is 11.5 Å². The van der Waals surface area contributed by atoms with Gasteiger partial charge in [-0.05, 0) is 91.2 Å². The van der Waals surface area contributed by atoms with Crippen LogP contribution in [0.5, 0.6) is 11.5 Å². The summed E-state index contributed by atoms with van der Waals surface area (Å²) in [6, 6.07) is 12.9. The molecule has 242 valence electrons. The Hall–Kier alpha value is -3.41. The summed E-state index contributed by atoms with van der Waals surface area (Å²) >= 11 is 0. The number of hydrogen-bond acceptors (Lipinski definition) is 10. The number of methoxy groups -OCH3 is 2. The number of aliphatic hydroxyl groups excluding tert-OH is 4. The van der Waals surface area contributed by atoms with Crippen molar-refractivity contribution in [2.24, 2.45) is 23.7 Å². The molecule has 2 aromatic rings. The molecule has 1 heterocycles. The lowest BCUT2D eigenvalue weighted by atomic mass is 9.54. The molecule has 10 nitrogen and oxygen atoms in total. The Morgan fingerprint density at radius 2 is 1.58 bits per heavy atom. The maximum atomic E-state index is 11.9. The molecule has 4 bridgehead atoms. The highest BCUT2D eigenvalue weighted by molar-refractivity contribution is 5.87. The Bertz CT molecular complexity index is 1380. The molecule has 4 saturated carbocycles. The number of aliphatic hydroxyl groups is 4. The molecule has 4 aliphatic carbocycles. The van der Waals surface area contributed by atoms with Crippen molar-refractivity contribution in [2.75, 3.05) is 20.8 Å². The van der Waals surface area contributed by atoms with E-state index in [1.165, 1.54) is 50.9 Å². The van der Waals surface area contributed by atoms with E-state index in [1.54, 1.807) is 37.5 Å². The minimum absolute atomic E-state index is 0.219. The molecular weight excluding hydrogens is 580 g/mol. The molecule has 5 atom stereocenters. The van der Waals surface area contributed by atoms with Gasteiger partial charge in [-0.15, -0.1) is 0 Å². The number of carbonyl (C=O) groups excluding carboxylic acids is 1. The van der Waals surface area contributed by atoms with Crippen LogP contribution in [0.15, 0.2) is 54.1 Å². The van der Waals surface area contributed by atoms with E-state index < -0.39 is 43.3 Å². The van der Waals surface area contributed by atoms with Crippen molar-refractivity contribution in [2.45, 2.75) is 69.4 Å². The minimum atomic E-state index is -1.52. The second-order valence-corrected chi connectivity index (χ2v) is 12.6. The molecule has 0 aromatic heterocycles. The molecule has 1 saturated heterocycles. The zero-order chi connectivity index (χ0) is 31.7. The first-order chi connectivity index (χ1) is 21.8. The molecule has 5 aliphatic rings. The van der Waals surface area contributed by atoms with Crippen molar-refractivity contribution in [3.05, 3.63) is 70.8 Å². The van der Waals surface area contributed by atoms with E-state index >= 15 is 0 Å². The Kier molecular flexibility index (Phi) is 9.49. The lowest BCUT2D eigenvalue weighted by molar-refractivity contribution is -0.277. The highest BCUT2D eigenvalue weighted by Crippen LogP contribution is 2.58. The number of ether oxygens (including phenoxy) is 5. The second-order valence-electron chi connectivity index (χ2n) is 12.6. The standard InChI is InChI=1S/C35H42O10/c1-41-29(37)10-7-22-5-6-23(34(42-2)30-24-12-20-11-21(14-24)15-25(30)13-20)16-27(22)43-18-19-3-8-26(9-4-19)44-35-33(40)32(39)31(38)28(17-36)45-35/h3-10,16,20-21,24-25,28,31-33,35-36,38-40H,11-15,17-18H2,1-2H3/b10-7+,34-30?. The van der Waals surface area contributed by atoms with Crippen molar-refractivity contribution in [3.63, 3.8) is 0 Å². The van der Waals surface area contributed by atoms with Crippen LogP contribution >= 0.6 is 0 Å². The fourth-order valence-corrected chi connectivity index (χ4v) is 7.75. The van der Waals surface area contributed by atoms with Crippen molar-refractivity contribution in [1.29, 1.82) is 0 Å². The quantitative estimate of drug-likeness (QED) is 0.177. The van der Waals surface area contributed by atoms with Crippen LogP contribution in [0.25, 0.3) is 11.8 Å². The zero-order valence-corrected chi connectivity index (χ0v) is 25.6. The lowest BCUT2D eigenvalue weighted by Crippen LogP contribution is -2.60. The average Bonchev–Trinajstić information content (AvgIpc) is 3.05. The SMILES string of the molecule is COC(=O)/C=C/c1ccc(C(OC)=C2C3CC4CC(C3)CC2C4)cc1OCc1ccc(OC2OC(CO)C(O)C(O)C2O)cc1. The molecule has 4 N–H and O–H groups in total. The summed E-state index contributed by atoms with van der Waals surface area (Å²) in [6.45, 7) is -0.319. The highest BCUT2D eigenvalue weighted by atomic mass is 16.7. The van der Waals surface area contributed by atoms with Crippen molar-refractivity contribution < 1.29 is 48.9 Å². The van der Waals surface area contributed by atoms with Gasteiger partial charge in [-0.25, -0.2) is 4.79 Å². The number of benzene rings is 2. The maximum Gasteiger partial charge on any atom is 0.330 e. The number of allylic oxidation sites excluding steroid dienone is 1. The Labute approximate surface area is 262 Å². The molecule has 2 aromatic carbocycles. The molecule has 0 radical (unpaired) electrons. The van der Waals surface area contributed by atoms with Gasteiger partial charge in [0.2, 0.25) is 6.29 Å². The first-order valence-electron chi connectivity index (χ1n) is 15.6. The van der Waals surface area contributed by atoms with Crippen LogP contribution in [0.3, 0.4) is 0 Å². The third-order valence-electron chi connectivity index (χ3n) is 9.78. The van der Waals surface area contributed by atoms with Crippen molar-refractivity contribution in [1.82, 2.24) is 0 Å². The van der Waals surface area contributed by atoms with E-state index in [0.717, 1.165) is 34.3 Å². The number of esters is 1. The summed E-state index contributed by atoms with van der Waals surface area (Å²) in [6.07, 6.45) is 2.58. The normalized spacial score (nSPS) is 32.0. The monoisotopic (exact) mass is 622 g/mol. The van der Waals surface area contributed by atoms with Gasteiger partial charge < -0.3 is 44.1 Å². The van der Waals surface area contributed by atoms with Gasteiger partial charge in [0.15, 0.2) is 0 Å². The number of carbonyl (C=O) groups is 1. The van der Waals surface area contributed by atoms with Gasteiger partial charge in [-0.3, -0.25) is 0 Å². The molecular formula is C35H42O10. The molecule has 10 heteroatoms. The Morgan fingerprint density at radius 3 is 2.20 bits per heavy atom. The van der Waals surface area contributed by atoms with E-state index in [2.05, 4.69) is 0 Å². The van der Waals surface area contributed by atoms with Gasteiger partial charge >= 0.3 is 5.97 Å². The molecule has 1 aliphatic heterocycles. The van der Waals surface area contributed by atoms with Crippen LogP contribution in [-0.2, 0) is 25.6 Å². The third kappa shape index (κ3) is 6.62. The van der Waals surface area contributed by atoms with E-state index in [1.807, 2.05) is 18.2 Å². The molecule has 45 heavy (non-hydrogen) atoms. The average molecular weight is 623 g/mol. The van der Waals surface area contributed by atoms with Gasteiger partial charge in [0.1, 0.15) is 48.3 Å². The fourth-order valence-electron chi connectivity index (χ4n) is 7.75. The van der Waals surface area contributed by atoms with E-state index in [0.29, 0.717) is 23.3 Å². The van der Waals surface area contributed by atoms with E-state index in [-0.39, 0.29) is 6.61 Å². The van der Waals surface area contributed by atoms with E-state index in [4.69, 9.17) is 23.7 Å². The third-order valence-corrected chi connectivity index (χ3v) is 9.78. The molecule has 7 rings (SSSR count). The van der Waals surface area contributed by atoms with Gasteiger partial charge in [0.05, 0.1) is 20.8 Å². The topological polar surface area (TPSA) is 144 Å². The van der Waals surface area contributed by atoms with Crippen LogP contribution in [0, 0.1) is 23.7 Å². The highest BCUT2D eigenvalue weighted by Gasteiger charge is 2.47. The van der Waals surface area contributed by atoms with Gasteiger partial charge in [0, 0.05) is 17.2 Å². The minimum Gasteiger partial charge on any atom is -0.496 e. The van der Waals surface area contributed by atoms with Gasteiger partial charge in [-0.2, -0.15) is 0 Å². The predicted molar refractivity (Wildman–Crippen MR) is 164 cm³/mol. The van der Waals surface area contributed by atoms with Crippen molar-refractivity contribution >= 4 is 17.8 Å². The zero-order valence-electron chi connectivity index (χ0n) is 25.6. The summed E-state index contributed by atoms with van der Waals surface area (Å²) < 4.78 is 28.3. The van der Waals surface area contributed by atoms with Crippen LogP contribution in [0.2, 0.25) is 0 Å². The second kappa shape index (κ2) is 13.5. The smallest absolute Gasteiger partial charge is 0.330 e.